The van der Waals surface area contributed by atoms with Gasteiger partial charge in [-0.15, -0.1) is 0 Å². The molecule has 1 aromatic carbocycles. The molecule has 0 spiro atoms. The molecule has 2 aromatic heterocycles. The molecule has 0 aliphatic heterocycles. The molecule has 1 unspecified atom stereocenters. The van der Waals surface area contributed by atoms with Crippen LogP contribution in [0.4, 0.5) is 10.1 Å². The molecule has 1 N–H and O–H groups in total. The number of anilines is 1. The molecule has 0 radical (unpaired) electrons. The molecule has 6 heteroatoms. The first-order valence-corrected chi connectivity index (χ1v) is 8.58. The lowest BCUT2D eigenvalue weighted by atomic mass is 10.0. The number of benzene rings is 1. The molecular weight excluding hydrogens is 329 g/mol. The minimum absolute atomic E-state index is 0.00921. The van der Waals surface area contributed by atoms with Crippen LogP contribution in [0.15, 0.2) is 48.9 Å². The summed E-state index contributed by atoms with van der Waals surface area (Å²) in [7, 11) is 5.83. The lowest BCUT2D eigenvalue weighted by Crippen LogP contribution is -2.21. The van der Waals surface area contributed by atoms with Gasteiger partial charge >= 0.3 is 0 Å². The molecule has 0 aliphatic rings. The van der Waals surface area contributed by atoms with Crippen molar-refractivity contribution in [3.05, 3.63) is 65.9 Å². The number of hydrogen-bond donors (Lipinski definition) is 1. The Labute approximate surface area is 153 Å². The summed E-state index contributed by atoms with van der Waals surface area (Å²) in [5.41, 5.74) is 4.91. The third kappa shape index (κ3) is 3.91. The van der Waals surface area contributed by atoms with Gasteiger partial charge in [0.2, 0.25) is 0 Å². The Morgan fingerprint density at radius 2 is 2.08 bits per heavy atom. The van der Waals surface area contributed by atoms with Crippen LogP contribution in [-0.2, 0) is 13.6 Å². The van der Waals surface area contributed by atoms with Crippen LogP contribution in [0.5, 0.6) is 0 Å². The van der Waals surface area contributed by atoms with Crippen molar-refractivity contribution in [3.63, 3.8) is 0 Å². The maximum Gasteiger partial charge on any atom is 0.123 e. The van der Waals surface area contributed by atoms with E-state index in [1.165, 1.54) is 6.07 Å². The van der Waals surface area contributed by atoms with Crippen molar-refractivity contribution < 1.29 is 4.39 Å². The minimum Gasteiger partial charge on any atom is -0.377 e. The molecule has 0 aliphatic carbocycles. The maximum atomic E-state index is 13.8. The average Bonchev–Trinajstić information content (AvgIpc) is 3.00. The second-order valence-electron chi connectivity index (χ2n) is 6.62. The second-order valence-corrected chi connectivity index (χ2v) is 6.62. The predicted molar refractivity (Wildman–Crippen MR) is 102 cm³/mol. The Morgan fingerprint density at radius 1 is 1.27 bits per heavy atom. The SMILES string of the molecule is CC(NCc1cn(C)nc1-c1cccnc1)c1cc(F)ccc1N(C)C. The molecule has 3 rings (SSSR count). The zero-order valence-corrected chi connectivity index (χ0v) is 15.6. The van der Waals surface area contributed by atoms with Crippen molar-refractivity contribution in [3.8, 4) is 11.3 Å². The van der Waals surface area contributed by atoms with Crippen LogP contribution in [0.25, 0.3) is 11.3 Å². The monoisotopic (exact) mass is 353 g/mol. The highest BCUT2D eigenvalue weighted by Gasteiger charge is 2.15. The average molecular weight is 353 g/mol. The highest BCUT2D eigenvalue weighted by atomic mass is 19.1. The Hall–Kier alpha value is -2.73. The first kappa shape index (κ1) is 18.1. The number of pyridine rings is 1. The lowest BCUT2D eigenvalue weighted by molar-refractivity contribution is 0.565. The van der Waals surface area contributed by atoms with Gasteiger partial charge in [0.25, 0.3) is 0 Å². The molecule has 136 valence electrons. The van der Waals surface area contributed by atoms with E-state index in [9.17, 15) is 4.39 Å². The van der Waals surface area contributed by atoms with E-state index in [1.807, 2.05) is 63.6 Å². The van der Waals surface area contributed by atoms with Gasteiger partial charge in [0.1, 0.15) is 5.82 Å². The van der Waals surface area contributed by atoms with Crippen LogP contribution in [-0.4, -0.2) is 28.9 Å². The van der Waals surface area contributed by atoms with Crippen molar-refractivity contribution in [1.82, 2.24) is 20.1 Å². The summed E-state index contributed by atoms with van der Waals surface area (Å²) in [5.74, 6) is -0.225. The summed E-state index contributed by atoms with van der Waals surface area (Å²) in [5, 5.41) is 8.05. The summed E-state index contributed by atoms with van der Waals surface area (Å²) in [6.45, 7) is 2.67. The number of rotatable bonds is 6. The van der Waals surface area contributed by atoms with Gasteiger partial charge in [-0.2, -0.15) is 5.10 Å². The fourth-order valence-electron chi connectivity index (χ4n) is 3.07. The van der Waals surface area contributed by atoms with Gasteiger partial charge in [0.15, 0.2) is 0 Å². The highest BCUT2D eigenvalue weighted by molar-refractivity contribution is 5.61. The van der Waals surface area contributed by atoms with E-state index in [4.69, 9.17) is 0 Å². The van der Waals surface area contributed by atoms with E-state index in [0.29, 0.717) is 6.54 Å². The summed E-state index contributed by atoms with van der Waals surface area (Å²) in [6, 6.07) is 8.79. The van der Waals surface area contributed by atoms with Crippen LogP contribution < -0.4 is 10.2 Å². The molecule has 5 nitrogen and oxygen atoms in total. The van der Waals surface area contributed by atoms with E-state index in [-0.39, 0.29) is 11.9 Å². The van der Waals surface area contributed by atoms with E-state index in [2.05, 4.69) is 15.4 Å². The molecule has 1 atom stereocenters. The van der Waals surface area contributed by atoms with Crippen molar-refractivity contribution in [2.45, 2.75) is 19.5 Å². The standard InChI is InChI=1S/C20H24FN5/c1-14(18-10-17(21)7-8-19(18)25(2)3)23-12-16-13-26(4)24-20(16)15-6-5-9-22-11-15/h5-11,13-14,23H,12H2,1-4H3. The Kier molecular flexibility index (Phi) is 5.32. The third-order valence-corrected chi connectivity index (χ3v) is 4.38. The summed E-state index contributed by atoms with van der Waals surface area (Å²) < 4.78 is 15.6. The van der Waals surface area contributed by atoms with Crippen LogP contribution in [0.2, 0.25) is 0 Å². The van der Waals surface area contributed by atoms with Gasteiger partial charge in [0.05, 0.1) is 5.69 Å². The lowest BCUT2D eigenvalue weighted by Gasteiger charge is -2.22. The van der Waals surface area contributed by atoms with Crippen LogP contribution in [0.3, 0.4) is 0 Å². The Bertz CT molecular complexity index is 873. The van der Waals surface area contributed by atoms with E-state index in [1.54, 1.807) is 16.9 Å². The van der Waals surface area contributed by atoms with E-state index < -0.39 is 0 Å². The quantitative estimate of drug-likeness (QED) is 0.736. The van der Waals surface area contributed by atoms with Crippen LogP contribution in [0, 0.1) is 5.82 Å². The molecule has 0 fully saturated rings. The Balaban J connectivity index is 1.81. The summed E-state index contributed by atoms with van der Waals surface area (Å²) in [6.07, 6.45) is 5.56. The van der Waals surface area contributed by atoms with Crippen LogP contribution in [0.1, 0.15) is 24.1 Å². The molecule has 0 bridgehead atoms. The molecule has 2 heterocycles. The topological polar surface area (TPSA) is 46.0 Å². The van der Waals surface area contributed by atoms with E-state index in [0.717, 1.165) is 28.1 Å². The maximum absolute atomic E-state index is 13.8. The molecule has 3 aromatic rings. The smallest absolute Gasteiger partial charge is 0.123 e. The normalized spacial score (nSPS) is 12.2. The number of halogens is 1. The van der Waals surface area contributed by atoms with Crippen molar-refractivity contribution in [2.24, 2.45) is 7.05 Å². The van der Waals surface area contributed by atoms with Gasteiger partial charge < -0.3 is 10.2 Å². The molecule has 0 amide bonds. The van der Waals surface area contributed by atoms with Crippen molar-refractivity contribution in [2.75, 3.05) is 19.0 Å². The number of nitrogens with zero attached hydrogens (tertiary/aromatic N) is 4. The molecule has 0 saturated heterocycles. The minimum atomic E-state index is -0.225. The second kappa shape index (κ2) is 7.66. The third-order valence-electron chi connectivity index (χ3n) is 4.38. The van der Waals surface area contributed by atoms with Gasteiger partial charge in [-0.1, -0.05) is 0 Å². The van der Waals surface area contributed by atoms with Gasteiger partial charge in [-0.25, -0.2) is 4.39 Å². The largest absolute Gasteiger partial charge is 0.377 e. The fraction of sp³-hybridized carbons (Fsp3) is 0.300. The zero-order valence-electron chi connectivity index (χ0n) is 15.6. The van der Waals surface area contributed by atoms with Crippen molar-refractivity contribution in [1.29, 1.82) is 0 Å². The first-order chi connectivity index (χ1) is 12.5. The fourth-order valence-corrected chi connectivity index (χ4v) is 3.07. The van der Waals surface area contributed by atoms with Crippen LogP contribution >= 0.6 is 0 Å². The van der Waals surface area contributed by atoms with Crippen molar-refractivity contribution >= 4 is 5.69 Å². The summed E-state index contributed by atoms with van der Waals surface area (Å²) in [4.78, 5) is 6.18. The van der Waals surface area contributed by atoms with Gasteiger partial charge in [-0.3, -0.25) is 9.67 Å². The number of nitrogens with one attached hydrogen (secondary N) is 1. The van der Waals surface area contributed by atoms with Gasteiger partial charge in [0, 0.05) is 69.1 Å². The molecular formula is C20H24FN5. The first-order valence-electron chi connectivity index (χ1n) is 8.58. The number of aryl methyl sites for hydroxylation is 1. The predicted octanol–water partition coefficient (Wildman–Crippen LogP) is 3.54. The summed E-state index contributed by atoms with van der Waals surface area (Å²) >= 11 is 0. The highest BCUT2D eigenvalue weighted by Crippen LogP contribution is 2.27. The van der Waals surface area contributed by atoms with Gasteiger partial charge in [-0.05, 0) is 42.8 Å². The number of hydrogen-bond acceptors (Lipinski definition) is 4. The molecule has 26 heavy (non-hydrogen) atoms. The Morgan fingerprint density at radius 3 is 2.77 bits per heavy atom. The molecule has 0 saturated carbocycles. The zero-order chi connectivity index (χ0) is 18.7. The van der Waals surface area contributed by atoms with E-state index >= 15 is 0 Å². The number of aromatic nitrogens is 3.